The number of allylic oxidation sites excluding steroid dienone is 2. The fourth-order valence-electron chi connectivity index (χ4n) is 5.15. The van der Waals surface area contributed by atoms with Crippen LogP contribution in [0.2, 0.25) is 0 Å². The van der Waals surface area contributed by atoms with E-state index in [-0.39, 0.29) is 22.3 Å². The summed E-state index contributed by atoms with van der Waals surface area (Å²) in [5, 5.41) is 83.4. The Morgan fingerprint density at radius 3 is 2.13 bits per heavy atom. The van der Waals surface area contributed by atoms with Crippen molar-refractivity contribution in [2.24, 2.45) is 0 Å². The normalized spacial score (nSPS) is 29.5. The number of aliphatic hydroxyl groups is 5. The van der Waals surface area contributed by atoms with Crippen molar-refractivity contribution in [1.82, 2.24) is 0 Å². The third kappa shape index (κ3) is 3.99. The molecule has 0 bridgehead atoms. The number of ether oxygens (including phenoxy) is 2. The van der Waals surface area contributed by atoms with E-state index < -0.39 is 107 Å². The molecule has 1 saturated heterocycles. The first-order valence-corrected chi connectivity index (χ1v) is 11.8. The second-order valence-electron chi connectivity index (χ2n) is 9.68. The summed E-state index contributed by atoms with van der Waals surface area (Å²) in [6, 6.07) is 0. The van der Waals surface area contributed by atoms with Gasteiger partial charge in [-0.25, -0.2) is 4.79 Å². The van der Waals surface area contributed by atoms with Crippen molar-refractivity contribution in [3.63, 3.8) is 0 Å². The van der Waals surface area contributed by atoms with Crippen LogP contribution in [0.5, 0.6) is 17.2 Å². The maximum absolute atomic E-state index is 13.7. The first-order valence-electron chi connectivity index (χ1n) is 11.8. The van der Waals surface area contributed by atoms with E-state index in [0.29, 0.717) is 0 Å². The number of esters is 1. The first-order chi connectivity index (χ1) is 17.7. The summed E-state index contributed by atoms with van der Waals surface area (Å²) < 4.78 is 10.5. The maximum Gasteiger partial charge on any atom is 0.337 e. The number of fused-ring (bicyclic) bond motifs is 1. The molecule has 1 heterocycles. The quantitative estimate of drug-likeness (QED) is 0.132. The molecule has 206 valence electrons. The third-order valence-electron chi connectivity index (χ3n) is 6.96. The minimum absolute atomic E-state index is 0.0882. The third-order valence-corrected chi connectivity index (χ3v) is 6.96. The molecule has 2 unspecified atom stereocenters. The predicted molar refractivity (Wildman–Crippen MR) is 124 cm³/mol. The Morgan fingerprint density at radius 2 is 1.55 bits per heavy atom. The Hall–Kier alpha value is -3.33. The van der Waals surface area contributed by atoms with Gasteiger partial charge in [0.2, 0.25) is 0 Å². The molecular formula is C25H28O13. The highest BCUT2D eigenvalue weighted by Gasteiger charge is 2.49. The molecule has 6 atom stereocenters. The molecule has 2 aliphatic carbocycles. The van der Waals surface area contributed by atoms with Crippen molar-refractivity contribution in [2.75, 3.05) is 6.61 Å². The minimum Gasteiger partial charge on any atom is -0.507 e. The molecule has 0 aromatic heterocycles. The van der Waals surface area contributed by atoms with Crippen LogP contribution in [0.4, 0.5) is 0 Å². The van der Waals surface area contributed by atoms with Crippen molar-refractivity contribution >= 4 is 17.5 Å². The predicted octanol–water partition coefficient (Wildman–Crippen LogP) is -0.973. The fraction of sp³-hybridized carbons (Fsp3) is 0.480. The minimum atomic E-state index is -2.00. The van der Waals surface area contributed by atoms with Gasteiger partial charge in [0.25, 0.3) is 0 Å². The number of phenols is 3. The van der Waals surface area contributed by atoms with Crippen LogP contribution in [0.1, 0.15) is 59.6 Å². The van der Waals surface area contributed by atoms with E-state index in [0.717, 1.165) is 0 Å². The van der Waals surface area contributed by atoms with Gasteiger partial charge in [-0.2, -0.15) is 0 Å². The zero-order valence-electron chi connectivity index (χ0n) is 20.6. The number of hydrogen-bond donors (Lipinski definition) is 8. The lowest BCUT2D eigenvalue weighted by molar-refractivity contribution is -0.232. The van der Waals surface area contributed by atoms with Gasteiger partial charge in [0.1, 0.15) is 36.3 Å². The topological polar surface area (TPSA) is 232 Å². The molecule has 1 fully saturated rings. The summed E-state index contributed by atoms with van der Waals surface area (Å²) in [5.41, 5.74) is -3.26. The lowest BCUT2D eigenvalue weighted by atomic mass is 9.72. The zero-order chi connectivity index (χ0) is 28.4. The largest absolute Gasteiger partial charge is 0.507 e. The SMILES string of the molecule is CC1=C(C(=O)OC(C)C)C(O)CC2=C1C(=O)c1c(O)c(C3O[C@H](CO)[C@@H](O)[C@H](O)[C@H]3O)c(O)c(O)c1C2=O. The van der Waals surface area contributed by atoms with Gasteiger partial charge in [-0.05, 0) is 26.3 Å². The van der Waals surface area contributed by atoms with E-state index in [4.69, 9.17) is 9.47 Å². The molecule has 3 aliphatic rings. The summed E-state index contributed by atoms with van der Waals surface area (Å²) in [6.07, 6.45) is -11.6. The van der Waals surface area contributed by atoms with Crippen LogP contribution in [0, 0.1) is 0 Å². The molecule has 0 saturated carbocycles. The van der Waals surface area contributed by atoms with Crippen LogP contribution >= 0.6 is 0 Å². The molecule has 1 aromatic carbocycles. The molecule has 0 amide bonds. The Kier molecular flexibility index (Phi) is 7.12. The number of rotatable bonds is 4. The van der Waals surface area contributed by atoms with Crippen molar-refractivity contribution in [1.29, 1.82) is 0 Å². The molecule has 13 nitrogen and oxygen atoms in total. The van der Waals surface area contributed by atoms with Crippen LogP contribution in [0.25, 0.3) is 0 Å². The average molecular weight is 536 g/mol. The van der Waals surface area contributed by atoms with Gasteiger partial charge >= 0.3 is 5.97 Å². The summed E-state index contributed by atoms with van der Waals surface area (Å²) in [5.74, 6) is -6.33. The van der Waals surface area contributed by atoms with Gasteiger partial charge in [0, 0.05) is 17.6 Å². The molecule has 13 heteroatoms. The number of ketones is 2. The van der Waals surface area contributed by atoms with Crippen LogP contribution in [-0.2, 0) is 14.3 Å². The number of phenolic OH excluding ortho intramolecular Hbond substituents is 3. The zero-order valence-corrected chi connectivity index (χ0v) is 20.6. The number of Topliss-reactive ketones (excluding diaryl/α,β-unsaturated/α-hetero) is 2. The second-order valence-corrected chi connectivity index (χ2v) is 9.68. The first kappa shape index (κ1) is 27.7. The monoisotopic (exact) mass is 536 g/mol. The average Bonchev–Trinajstić information content (AvgIpc) is 2.83. The van der Waals surface area contributed by atoms with E-state index in [1.54, 1.807) is 13.8 Å². The fourth-order valence-corrected chi connectivity index (χ4v) is 5.15. The highest BCUT2D eigenvalue weighted by atomic mass is 16.5. The van der Waals surface area contributed by atoms with Gasteiger partial charge in [-0.15, -0.1) is 0 Å². The number of benzene rings is 1. The van der Waals surface area contributed by atoms with E-state index in [9.17, 15) is 55.2 Å². The molecule has 0 radical (unpaired) electrons. The summed E-state index contributed by atoms with van der Waals surface area (Å²) in [6.45, 7) is 3.62. The van der Waals surface area contributed by atoms with Gasteiger partial charge in [0.15, 0.2) is 23.1 Å². The van der Waals surface area contributed by atoms with Gasteiger partial charge in [-0.3, -0.25) is 9.59 Å². The Balaban J connectivity index is 1.91. The molecule has 0 spiro atoms. The molecule has 1 aromatic rings. The molecule has 4 rings (SSSR count). The van der Waals surface area contributed by atoms with Crippen LogP contribution in [-0.4, -0.2) is 102 Å². The van der Waals surface area contributed by atoms with Crippen molar-refractivity contribution in [3.8, 4) is 17.2 Å². The Morgan fingerprint density at radius 1 is 0.947 bits per heavy atom. The lowest BCUT2D eigenvalue weighted by Gasteiger charge is -2.41. The van der Waals surface area contributed by atoms with E-state index in [1.165, 1.54) is 6.92 Å². The highest BCUT2D eigenvalue weighted by Crippen LogP contribution is 2.52. The summed E-state index contributed by atoms with van der Waals surface area (Å²) >= 11 is 0. The van der Waals surface area contributed by atoms with E-state index >= 15 is 0 Å². The summed E-state index contributed by atoms with van der Waals surface area (Å²) in [7, 11) is 0. The lowest BCUT2D eigenvalue weighted by Crippen LogP contribution is -2.55. The van der Waals surface area contributed by atoms with E-state index in [1.807, 2.05) is 0 Å². The van der Waals surface area contributed by atoms with Crippen molar-refractivity contribution < 1.29 is 64.7 Å². The van der Waals surface area contributed by atoms with E-state index in [2.05, 4.69) is 0 Å². The molecule has 38 heavy (non-hydrogen) atoms. The number of aliphatic hydroxyl groups excluding tert-OH is 5. The van der Waals surface area contributed by atoms with Gasteiger partial charge < -0.3 is 50.3 Å². The van der Waals surface area contributed by atoms with Crippen molar-refractivity contribution in [3.05, 3.63) is 39.0 Å². The van der Waals surface area contributed by atoms with Crippen LogP contribution < -0.4 is 0 Å². The van der Waals surface area contributed by atoms with Crippen LogP contribution in [0.15, 0.2) is 22.3 Å². The second kappa shape index (κ2) is 9.76. The Labute approximate surface area is 215 Å². The standard InChI is InChI=1S/C25H28O13/c1-6(2)37-25(36)12-7(3)11-8(4-9(12)27)16(28)13-14(18(11)30)19(31)15(21(33)20(13)32)24-23(35)22(34)17(29)10(5-26)38-24/h6,9-10,17,22-24,26-27,29,31-35H,4-5H2,1-3H3/t9?,10-,17-,22+,23-,24?/m1/s1. The summed E-state index contributed by atoms with van der Waals surface area (Å²) in [4.78, 5) is 39.7. The van der Waals surface area contributed by atoms with Gasteiger partial charge in [0.05, 0.1) is 41.1 Å². The molecule has 8 N–H and O–H groups in total. The molecular weight excluding hydrogens is 508 g/mol. The van der Waals surface area contributed by atoms with Gasteiger partial charge in [-0.1, -0.05) is 0 Å². The Bertz CT molecular complexity index is 1290. The molecule has 1 aliphatic heterocycles. The maximum atomic E-state index is 13.7. The highest BCUT2D eigenvalue weighted by molar-refractivity contribution is 6.31. The smallest absolute Gasteiger partial charge is 0.337 e. The van der Waals surface area contributed by atoms with Crippen LogP contribution in [0.3, 0.4) is 0 Å². The van der Waals surface area contributed by atoms with Crippen molar-refractivity contribution in [2.45, 2.75) is 69.9 Å². The number of hydrogen-bond acceptors (Lipinski definition) is 13. The number of carbonyl (C=O) groups excluding carboxylic acids is 3. The number of aromatic hydroxyl groups is 3. The number of carbonyl (C=O) groups is 3.